The number of piperazine rings is 1. The first-order chi connectivity index (χ1) is 10.8. The van der Waals surface area contributed by atoms with Crippen LogP contribution in [0.4, 0.5) is 17.5 Å². The average molecular weight is 295 g/mol. The van der Waals surface area contributed by atoms with Crippen LogP contribution in [0.15, 0.2) is 36.7 Å². The zero-order valence-corrected chi connectivity index (χ0v) is 12.1. The van der Waals surface area contributed by atoms with Crippen LogP contribution >= 0.6 is 0 Å². The van der Waals surface area contributed by atoms with E-state index in [0.717, 1.165) is 37.5 Å². The van der Waals surface area contributed by atoms with E-state index in [1.165, 1.54) is 5.69 Å². The zero-order valence-electron chi connectivity index (χ0n) is 12.1. The van der Waals surface area contributed by atoms with Crippen LogP contribution < -0.4 is 15.5 Å². The molecule has 0 radical (unpaired) electrons. The third-order valence-electron chi connectivity index (χ3n) is 3.98. The molecule has 7 heteroatoms. The van der Waals surface area contributed by atoms with Crippen LogP contribution in [-0.2, 0) is 0 Å². The van der Waals surface area contributed by atoms with Gasteiger partial charge in [-0.25, -0.2) is 4.98 Å². The standard InChI is InChI=1S/C15H17N7/c16-15-19-13-12(17-10-18-13)14(20-15)22-8-6-21(7-9-22)11-4-2-1-3-5-11/h1-5,10H,6-9H2,(H3,16,17,18,19,20). The minimum Gasteiger partial charge on any atom is -0.368 e. The Hall–Kier alpha value is -2.83. The van der Waals surface area contributed by atoms with Crippen molar-refractivity contribution in [3.8, 4) is 0 Å². The van der Waals surface area contributed by atoms with Gasteiger partial charge in [0.05, 0.1) is 6.33 Å². The summed E-state index contributed by atoms with van der Waals surface area (Å²) in [5.41, 5.74) is 8.52. The number of imidazole rings is 1. The lowest BCUT2D eigenvalue weighted by Gasteiger charge is -2.36. The van der Waals surface area contributed by atoms with Gasteiger partial charge in [-0.15, -0.1) is 0 Å². The minimum atomic E-state index is 0.264. The van der Waals surface area contributed by atoms with Crippen LogP contribution in [0.3, 0.4) is 0 Å². The monoisotopic (exact) mass is 295 g/mol. The van der Waals surface area contributed by atoms with E-state index in [0.29, 0.717) is 5.65 Å². The molecule has 22 heavy (non-hydrogen) atoms. The highest BCUT2D eigenvalue weighted by molar-refractivity contribution is 5.84. The topological polar surface area (TPSA) is 87.0 Å². The third-order valence-corrected chi connectivity index (χ3v) is 3.98. The van der Waals surface area contributed by atoms with Crippen LogP contribution in [0.1, 0.15) is 0 Å². The van der Waals surface area contributed by atoms with Crippen LogP contribution in [-0.4, -0.2) is 46.1 Å². The van der Waals surface area contributed by atoms with Crippen molar-refractivity contribution in [2.45, 2.75) is 0 Å². The van der Waals surface area contributed by atoms with Gasteiger partial charge in [-0.2, -0.15) is 9.97 Å². The summed E-state index contributed by atoms with van der Waals surface area (Å²) in [5, 5.41) is 0. The summed E-state index contributed by atoms with van der Waals surface area (Å²) in [7, 11) is 0. The molecule has 3 heterocycles. The molecule has 0 amide bonds. The number of fused-ring (bicyclic) bond motifs is 1. The van der Waals surface area contributed by atoms with Crippen molar-refractivity contribution in [2.75, 3.05) is 41.7 Å². The van der Waals surface area contributed by atoms with E-state index in [1.54, 1.807) is 6.33 Å². The Bertz CT molecular complexity index is 775. The Morgan fingerprint density at radius 3 is 2.45 bits per heavy atom. The quantitative estimate of drug-likeness (QED) is 0.740. The molecule has 1 fully saturated rings. The number of benzene rings is 1. The first kappa shape index (κ1) is 12.9. The third kappa shape index (κ3) is 2.20. The molecular formula is C15H17N7. The predicted molar refractivity (Wildman–Crippen MR) is 87.0 cm³/mol. The maximum absolute atomic E-state index is 5.80. The van der Waals surface area contributed by atoms with Gasteiger partial charge >= 0.3 is 0 Å². The smallest absolute Gasteiger partial charge is 0.224 e. The molecule has 7 nitrogen and oxygen atoms in total. The van der Waals surface area contributed by atoms with E-state index in [1.807, 2.05) is 6.07 Å². The second-order valence-electron chi connectivity index (χ2n) is 5.32. The van der Waals surface area contributed by atoms with Crippen LogP contribution in [0, 0.1) is 0 Å². The molecule has 1 aliphatic heterocycles. The predicted octanol–water partition coefficient (Wildman–Crippen LogP) is 1.26. The Morgan fingerprint density at radius 1 is 0.955 bits per heavy atom. The average Bonchev–Trinajstić information content (AvgIpc) is 3.03. The zero-order chi connectivity index (χ0) is 14.9. The van der Waals surface area contributed by atoms with E-state index in [4.69, 9.17) is 5.73 Å². The highest BCUT2D eigenvalue weighted by Gasteiger charge is 2.21. The Kier molecular flexibility index (Phi) is 3.03. The van der Waals surface area contributed by atoms with E-state index in [9.17, 15) is 0 Å². The molecule has 0 atom stereocenters. The van der Waals surface area contributed by atoms with Gasteiger partial charge in [0.1, 0.15) is 5.52 Å². The number of H-pyrrole nitrogens is 1. The lowest BCUT2D eigenvalue weighted by molar-refractivity contribution is 0.649. The summed E-state index contributed by atoms with van der Waals surface area (Å²) in [6.45, 7) is 3.67. The molecule has 3 aromatic rings. The molecule has 0 aliphatic carbocycles. The Labute approximate surface area is 127 Å². The van der Waals surface area contributed by atoms with Gasteiger partial charge in [0.25, 0.3) is 0 Å². The van der Waals surface area contributed by atoms with Gasteiger partial charge < -0.3 is 20.5 Å². The van der Waals surface area contributed by atoms with Gasteiger partial charge in [-0.05, 0) is 12.1 Å². The largest absolute Gasteiger partial charge is 0.368 e. The Morgan fingerprint density at radius 2 is 1.68 bits per heavy atom. The number of nitrogens with two attached hydrogens (primary N) is 1. The number of rotatable bonds is 2. The highest BCUT2D eigenvalue weighted by atomic mass is 15.3. The van der Waals surface area contributed by atoms with Gasteiger partial charge in [-0.1, -0.05) is 18.2 Å². The normalized spacial score (nSPS) is 15.5. The molecule has 1 aliphatic rings. The molecule has 3 N–H and O–H groups in total. The minimum absolute atomic E-state index is 0.264. The molecule has 1 saturated heterocycles. The lowest BCUT2D eigenvalue weighted by atomic mass is 10.2. The number of nitrogen functional groups attached to an aromatic ring is 1. The van der Waals surface area contributed by atoms with Crippen molar-refractivity contribution in [1.82, 2.24) is 19.9 Å². The van der Waals surface area contributed by atoms with E-state index in [-0.39, 0.29) is 5.95 Å². The van der Waals surface area contributed by atoms with Crippen molar-refractivity contribution in [1.29, 1.82) is 0 Å². The van der Waals surface area contributed by atoms with Crippen molar-refractivity contribution in [3.63, 3.8) is 0 Å². The molecule has 1 aromatic carbocycles. The van der Waals surface area contributed by atoms with Gasteiger partial charge in [0.2, 0.25) is 5.95 Å². The second kappa shape index (κ2) is 5.18. The van der Waals surface area contributed by atoms with Gasteiger partial charge in [-0.3, -0.25) is 0 Å². The SMILES string of the molecule is Nc1nc(N2CCN(c3ccccc3)CC2)c2[nH]cnc2n1. The summed E-state index contributed by atoms with van der Waals surface area (Å²) < 4.78 is 0. The van der Waals surface area contributed by atoms with Crippen LogP contribution in [0.5, 0.6) is 0 Å². The van der Waals surface area contributed by atoms with Crippen molar-refractivity contribution >= 4 is 28.6 Å². The number of anilines is 3. The Balaban J connectivity index is 1.57. The van der Waals surface area contributed by atoms with Crippen LogP contribution in [0.2, 0.25) is 0 Å². The molecule has 0 saturated carbocycles. The van der Waals surface area contributed by atoms with Crippen LogP contribution in [0.25, 0.3) is 11.2 Å². The molecule has 4 rings (SSSR count). The summed E-state index contributed by atoms with van der Waals surface area (Å²) >= 11 is 0. The number of hydrogen-bond acceptors (Lipinski definition) is 6. The van der Waals surface area contributed by atoms with E-state index >= 15 is 0 Å². The fourth-order valence-electron chi connectivity index (χ4n) is 2.88. The number of aromatic nitrogens is 4. The molecule has 2 aromatic heterocycles. The van der Waals surface area contributed by atoms with Gasteiger partial charge in [0.15, 0.2) is 11.5 Å². The summed E-state index contributed by atoms with van der Waals surface area (Å²) in [6.07, 6.45) is 1.63. The highest BCUT2D eigenvalue weighted by Crippen LogP contribution is 2.24. The maximum Gasteiger partial charge on any atom is 0.224 e. The van der Waals surface area contributed by atoms with E-state index < -0.39 is 0 Å². The van der Waals surface area contributed by atoms with Gasteiger partial charge in [0, 0.05) is 31.9 Å². The molecule has 0 unspecified atom stereocenters. The lowest BCUT2D eigenvalue weighted by Crippen LogP contribution is -2.47. The summed E-state index contributed by atoms with van der Waals surface area (Å²) in [4.78, 5) is 20.4. The number of nitrogens with one attached hydrogen (secondary N) is 1. The molecular weight excluding hydrogens is 278 g/mol. The maximum atomic E-state index is 5.80. The first-order valence-electron chi connectivity index (χ1n) is 7.33. The number of nitrogens with zero attached hydrogens (tertiary/aromatic N) is 5. The fraction of sp³-hybridized carbons (Fsp3) is 0.267. The number of hydrogen-bond donors (Lipinski definition) is 2. The number of aromatic amines is 1. The summed E-state index contributed by atoms with van der Waals surface area (Å²) in [5.74, 6) is 1.10. The molecule has 0 bridgehead atoms. The molecule has 112 valence electrons. The summed E-state index contributed by atoms with van der Waals surface area (Å²) in [6, 6.07) is 10.5. The fourth-order valence-corrected chi connectivity index (χ4v) is 2.88. The first-order valence-corrected chi connectivity index (χ1v) is 7.33. The van der Waals surface area contributed by atoms with Crippen molar-refractivity contribution in [3.05, 3.63) is 36.7 Å². The second-order valence-corrected chi connectivity index (χ2v) is 5.32. The van der Waals surface area contributed by atoms with Crippen molar-refractivity contribution < 1.29 is 0 Å². The van der Waals surface area contributed by atoms with E-state index in [2.05, 4.69) is 54.0 Å². The number of para-hydroxylation sites is 1. The molecule has 0 spiro atoms. The van der Waals surface area contributed by atoms with Crippen molar-refractivity contribution in [2.24, 2.45) is 0 Å².